The van der Waals surface area contributed by atoms with Crippen molar-refractivity contribution in [2.45, 2.75) is 71.4 Å². The summed E-state index contributed by atoms with van der Waals surface area (Å²) >= 11 is 0. The van der Waals surface area contributed by atoms with E-state index in [9.17, 15) is 14.4 Å². The number of ether oxygens (including phenoxy) is 3. The second kappa shape index (κ2) is 9.89. The van der Waals surface area contributed by atoms with Crippen molar-refractivity contribution in [1.29, 1.82) is 0 Å². The molecule has 2 atom stereocenters. The van der Waals surface area contributed by atoms with Gasteiger partial charge in [0.15, 0.2) is 0 Å². The number of hydrogen-bond donors (Lipinski definition) is 2. The normalized spacial score (nSPS) is 18.8. The average molecular weight is 436 g/mol. The van der Waals surface area contributed by atoms with E-state index in [0.717, 1.165) is 5.56 Å². The molecular weight excluding hydrogens is 402 g/mol. The van der Waals surface area contributed by atoms with Crippen LogP contribution in [0.2, 0.25) is 0 Å². The van der Waals surface area contributed by atoms with Gasteiger partial charge in [-0.15, -0.1) is 0 Å². The quantitative estimate of drug-likeness (QED) is 0.702. The van der Waals surface area contributed by atoms with Gasteiger partial charge in [0.05, 0.1) is 12.1 Å². The number of rotatable bonds is 4. The Hall–Kier alpha value is -2.97. The first-order chi connectivity index (χ1) is 14.3. The molecule has 172 valence electrons. The lowest BCUT2D eigenvalue weighted by atomic mass is 10.2. The molecule has 3 amide bonds. The zero-order chi connectivity index (χ0) is 23.2. The summed E-state index contributed by atoms with van der Waals surface area (Å²) in [6.45, 7) is 11.0. The number of carbonyl (C=O) groups is 3. The Bertz CT molecular complexity index is 770. The highest BCUT2D eigenvalue weighted by atomic mass is 16.6. The lowest BCUT2D eigenvalue weighted by molar-refractivity contribution is 0.0280. The number of likely N-dealkylation sites (tertiary alicyclic amines) is 1. The molecule has 1 aliphatic rings. The summed E-state index contributed by atoms with van der Waals surface area (Å²) in [5.41, 5.74) is -0.487. The van der Waals surface area contributed by atoms with Gasteiger partial charge in [0.25, 0.3) is 0 Å². The molecule has 9 heteroatoms. The molecule has 0 radical (unpaired) electrons. The van der Waals surface area contributed by atoms with Crippen molar-refractivity contribution in [3.8, 4) is 0 Å². The van der Waals surface area contributed by atoms with Gasteiger partial charge in [0.2, 0.25) is 0 Å². The molecule has 2 rings (SSSR count). The first-order valence-corrected chi connectivity index (χ1v) is 10.3. The van der Waals surface area contributed by atoms with E-state index in [0.29, 0.717) is 0 Å². The molecule has 1 heterocycles. The second-order valence-electron chi connectivity index (χ2n) is 9.45. The summed E-state index contributed by atoms with van der Waals surface area (Å²) in [5.74, 6) is 0. The standard InChI is InChI=1S/C22H33N3O6/c1-21(2,3)30-19(27)24-17-13-25(20(28)31-22(4,5)6)12-16(17)23-18(26)29-14-15-10-8-7-9-11-15/h7-11,16-17H,12-14H2,1-6H3,(H,23,26)(H,24,27)/t16-,17-/m0/s1. The van der Waals surface area contributed by atoms with Crippen molar-refractivity contribution in [3.63, 3.8) is 0 Å². The monoisotopic (exact) mass is 435 g/mol. The first-order valence-electron chi connectivity index (χ1n) is 10.3. The van der Waals surface area contributed by atoms with E-state index in [-0.39, 0.29) is 19.7 Å². The molecule has 0 aliphatic carbocycles. The highest BCUT2D eigenvalue weighted by Crippen LogP contribution is 2.17. The van der Waals surface area contributed by atoms with Crippen LogP contribution in [0.25, 0.3) is 0 Å². The van der Waals surface area contributed by atoms with Crippen LogP contribution >= 0.6 is 0 Å². The summed E-state index contributed by atoms with van der Waals surface area (Å²) in [6.07, 6.45) is -1.80. The van der Waals surface area contributed by atoms with Crippen molar-refractivity contribution in [2.75, 3.05) is 13.1 Å². The highest BCUT2D eigenvalue weighted by molar-refractivity contribution is 5.72. The molecule has 1 aromatic carbocycles. The number of carbonyl (C=O) groups excluding carboxylic acids is 3. The fourth-order valence-electron chi connectivity index (χ4n) is 2.95. The van der Waals surface area contributed by atoms with Gasteiger partial charge in [-0.2, -0.15) is 0 Å². The van der Waals surface area contributed by atoms with Gasteiger partial charge in [0.1, 0.15) is 17.8 Å². The molecule has 0 bridgehead atoms. The Morgan fingerprint density at radius 2 is 1.39 bits per heavy atom. The molecule has 0 aromatic heterocycles. The van der Waals surface area contributed by atoms with E-state index >= 15 is 0 Å². The van der Waals surface area contributed by atoms with Gasteiger partial charge in [0, 0.05) is 13.1 Å². The van der Waals surface area contributed by atoms with Crippen LogP contribution in [0.3, 0.4) is 0 Å². The fourth-order valence-corrected chi connectivity index (χ4v) is 2.95. The van der Waals surface area contributed by atoms with Gasteiger partial charge in [-0.05, 0) is 47.1 Å². The summed E-state index contributed by atoms with van der Waals surface area (Å²) in [6, 6.07) is 8.15. The zero-order valence-electron chi connectivity index (χ0n) is 19.1. The molecule has 0 spiro atoms. The molecule has 1 fully saturated rings. The predicted octanol–water partition coefficient (Wildman–Crippen LogP) is 3.43. The molecule has 0 saturated carbocycles. The van der Waals surface area contributed by atoms with Crippen molar-refractivity contribution in [1.82, 2.24) is 15.5 Å². The number of hydrogen-bond acceptors (Lipinski definition) is 6. The Morgan fingerprint density at radius 3 is 1.90 bits per heavy atom. The third-order valence-electron chi connectivity index (χ3n) is 4.19. The minimum Gasteiger partial charge on any atom is -0.445 e. The van der Waals surface area contributed by atoms with E-state index in [1.165, 1.54) is 4.90 Å². The Morgan fingerprint density at radius 1 is 0.871 bits per heavy atom. The number of nitrogens with zero attached hydrogens (tertiary/aromatic N) is 1. The van der Waals surface area contributed by atoms with Gasteiger partial charge in [-0.25, -0.2) is 14.4 Å². The third-order valence-corrected chi connectivity index (χ3v) is 4.19. The van der Waals surface area contributed by atoms with Crippen LogP contribution in [-0.4, -0.2) is 59.6 Å². The van der Waals surface area contributed by atoms with E-state index in [2.05, 4.69) is 10.6 Å². The molecule has 31 heavy (non-hydrogen) atoms. The van der Waals surface area contributed by atoms with Crippen LogP contribution in [0.15, 0.2) is 30.3 Å². The molecule has 1 aromatic rings. The first kappa shape index (κ1) is 24.3. The maximum Gasteiger partial charge on any atom is 0.410 e. The zero-order valence-corrected chi connectivity index (χ0v) is 19.1. The second-order valence-corrected chi connectivity index (χ2v) is 9.45. The number of alkyl carbamates (subject to hydrolysis) is 2. The minimum atomic E-state index is -0.676. The lowest BCUT2D eigenvalue weighted by Gasteiger charge is -2.24. The molecule has 2 N–H and O–H groups in total. The Labute approximate surface area is 183 Å². The van der Waals surface area contributed by atoms with Crippen LogP contribution in [0.5, 0.6) is 0 Å². The smallest absolute Gasteiger partial charge is 0.410 e. The van der Waals surface area contributed by atoms with Crippen molar-refractivity contribution >= 4 is 18.3 Å². The topological polar surface area (TPSA) is 106 Å². The van der Waals surface area contributed by atoms with Crippen LogP contribution in [0.4, 0.5) is 14.4 Å². The van der Waals surface area contributed by atoms with E-state index < -0.39 is 41.6 Å². The molecule has 9 nitrogen and oxygen atoms in total. The van der Waals surface area contributed by atoms with Crippen molar-refractivity contribution in [3.05, 3.63) is 35.9 Å². The molecule has 1 saturated heterocycles. The van der Waals surface area contributed by atoms with E-state index in [4.69, 9.17) is 14.2 Å². The van der Waals surface area contributed by atoms with Gasteiger partial charge < -0.3 is 29.7 Å². The Kier molecular flexibility index (Phi) is 7.75. The Balaban J connectivity index is 2.01. The SMILES string of the molecule is CC(C)(C)OC(=O)N[C@H]1CN(C(=O)OC(C)(C)C)C[C@@H]1NC(=O)OCc1ccccc1. The van der Waals surface area contributed by atoms with Crippen LogP contribution in [-0.2, 0) is 20.8 Å². The summed E-state index contributed by atoms with van der Waals surface area (Å²) in [7, 11) is 0. The van der Waals surface area contributed by atoms with Crippen LogP contribution in [0, 0.1) is 0 Å². The number of amides is 3. The third kappa shape index (κ3) is 8.74. The average Bonchev–Trinajstić information content (AvgIpc) is 3.00. The minimum absolute atomic E-state index is 0.110. The van der Waals surface area contributed by atoms with Gasteiger partial charge in [-0.3, -0.25) is 0 Å². The maximum absolute atomic E-state index is 12.5. The van der Waals surface area contributed by atoms with E-state index in [1.54, 1.807) is 41.5 Å². The highest BCUT2D eigenvalue weighted by Gasteiger charge is 2.39. The predicted molar refractivity (Wildman–Crippen MR) is 115 cm³/mol. The molecular formula is C22H33N3O6. The number of nitrogens with one attached hydrogen (secondary N) is 2. The molecule has 1 aliphatic heterocycles. The summed E-state index contributed by atoms with van der Waals surface area (Å²) in [4.78, 5) is 38.5. The number of benzene rings is 1. The van der Waals surface area contributed by atoms with Crippen molar-refractivity contribution in [2.24, 2.45) is 0 Å². The fraction of sp³-hybridized carbons (Fsp3) is 0.591. The van der Waals surface area contributed by atoms with E-state index in [1.807, 2.05) is 30.3 Å². The molecule has 0 unspecified atom stereocenters. The van der Waals surface area contributed by atoms with Gasteiger partial charge >= 0.3 is 18.3 Å². The van der Waals surface area contributed by atoms with Crippen LogP contribution in [0.1, 0.15) is 47.1 Å². The maximum atomic E-state index is 12.5. The largest absolute Gasteiger partial charge is 0.445 e. The van der Waals surface area contributed by atoms with Gasteiger partial charge in [-0.1, -0.05) is 30.3 Å². The van der Waals surface area contributed by atoms with Crippen LogP contribution < -0.4 is 10.6 Å². The van der Waals surface area contributed by atoms with Crippen molar-refractivity contribution < 1.29 is 28.6 Å². The summed E-state index contributed by atoms with van der Waals surface area (Å²) < 4.78 is 16.0. The summed E-state index contributed by atoms with van der Waals surface area (Å²) in [5, 5.41) is 5.47. The lowest BCUT2D eigenvalue weighted by Crippen LogP contribution is -2.51.